The fourth-order valence-corrected chi connectivity index (χ4v) is 1.77. The minimum Gasteiger partial charge on any atom is -0.484 e. The fraction of sp³-hybridized carbons (Fsp3) is 0.0667. The second-order valence-electron chi connectivity index (χ2n) is 4.14. The molecule has 0 radical (unpaired) electrons. The smallest absolute Gasteiger partial charge is 0.337 e. The van der Waals surface area contributed by atoms with Gasteiger partial charge in [-0.3, -0.25) is 4.79 Å². The molecular formula is C15H12ClNO4. The van der Waals surface area contributed by atoms with Crippen molar-refractivity contribution in [3.8, 4) is 5.75 Å². The summed E-state index contributed by atoms with van der Waals surface area (Å²) in [7, 11) is 0. The summed E-state index contributed by atoms with van der Waals surface area (Å²) in [5, 5.41) is 12.1. The predicted molar refractivity (Wildman–Crippen MR) is 79.0 cm³/mol. The number of carbonyl (C=O) groups excluding carboxylic acids is 1. The largest absolute Gasteiger partial charge is 0.484 e. The highest BCUT2D eigenvalue weighted by molar-refractivity contribution is 6.30. The van der Waals surface area contributed by atoms with E-state index in [1.165, 1.54) is 12.1 Å². The molecule has 0 aliphatic heterocycles. The number of carboxylic acid groups (broad SMARTS) is 1. The zero-order chi connectivity index (χ0) is 15.2. The maximum Gasteiger partial charge on any atom is 0.337 e. The van der Waals surface area contributed by atoms with E-state index < -0.39 is 11.9 Å². The van der Waals surface area contributed by atoms with Crippen molar-refractivity contribution in [2.24, 2.45) is 0 Å². The van der Waals surface area contributed by atoms with Crippen molar-refractivity contribution < 1.29 is 19.4 Å². The standard InChI is InChI=1S/C15H12ClNO4/c16-10-5-7-11(8-6-10)21-9-14(18)17-13-4-2-1-3-12(13)15(19)20/h1-8H,9H2,(H,17,18)(H,19,20). The molecule has 0 bridgehead atoms. The van der Waals surface area contributed by atoms with E-state index in [9.17, 15) is 9.59 Å². The lowest BCUT2D eigenvalue weighted by Gasteiger charge is -2.09. The Morgan fingerprint density at radius 1 is 1.10 bits per heavy atom. The van der Waals surface area contributed by atoms with E-state index in [0.717, 1.165) is 0 Å². The van der Waals surface area contributed by atoms with E-state index >= 15 is 0 Å². The summed E-state index contributed by atoms with van der Waals surface area (Å²) in [5.74, 6) is -1.05. The molecular weight excluding hydrogens is 294 g/mol. The summed E-state index contributed by atoms with van der Waals surface area (Å²) >= 11 is 5.74. The van der Waals surface area contributed by atoms with Gasteiger partial charge in [0.1, 0.15) is 5.75 Å². The first-order valence-electron chi connectivity index (χ1n) is 6.07. The predicted octanol–water partition coefficient (Wildman–Crippen LogP) is 3.06. The van der Waals surface area contributed by atoms with Crippen LogP contribution in [0.2, 0.25) is 5.02 Å². The van der Waals surface area contributed by atoms with Crippen molar-refractivity contribution in [3.05, 3.63) is 59.1 Å². The monoisotopic (exact) mass is 305 g/mol. The molecule has 2 aromatic carbocycles. The van der Waals surface area contributed by atoms with Gasteiger partial charge in [-0.25, -0.2) is 4.79 Å². The molecule has 0 atom stereocenters. The highest BCUT2D eigenvalue weighted by atomic mass is 35.5. The molecule has 0 aliphatic rings. The average molecular weight is 306 g/mol. The van der Waals surface area contributed by atoms with Gasteiger partial charge in [0.15, 0.2) is 6.61 Å². The van der Waals surface area contributed by atoms with E-state index in [2.05, 4.69) is 5.32 Å². The zero-order valence-corrected chi connectivity index (χ0v) is 11.6. The molecule has 21 heavy (non-hydrogen) atoms. The number of carbonyl (C=O) groups is 2. The molecule has 0 saturated heterocycles. The number of benzene rings is 2. The van der Waals surface area contributed by atoms with Gasteiger partial charge in [0.25, 0.3) is 5.91 Å². The molecule has 2 rings (SSSR count). The third-order valence-electron chi connectivity index (χ3n) is 2.62. The highest BCUT2D eigenvalue weighted by Gasteiger charge is 2.11. The van der Waals surface area contributed by atoms with E-state index in [1.54, 1.807) is 36.4 Å². The van der Waals surface area contributed by atoms with Crippen molar-refractivity contribution in [1.82, 2.24) is 0 Å². The van der Waals surface area contributed by atoms with Crippen LogP contribution in [0.5, 0.6) is 5.75 Å². The SMILES string of the molecule is O=C(COc1ccc(Cl)cc1)Nc1ccccc1C(=O)O. The number of anilines is 1. The topological polar surface area (TPSA) is 75.6 Å². The van der Waals surface area contributed by atoms with Gasteiger partial charge >= 0.3 is 5.97 Å². The Hall–Kier alpha value is -2.53. The number of ether oxygens (including phenoxy) is 1. The molecule has 0 aliphatic carbocycles. The average Bonchev–Trinajstić information content (AvgIpc) is 2.47. The van der Waals surface area contributed by atoms with Gasteiger partial charge in [-0.1, -0.05) is 23.7 Å². The van der Waals surface area contributed by atoms with Crippen LogP contribution >= 0.6 is 11.6 Å². The molecule has 0 fully saturated rings. The Kier molecular flexibility index (Phi) is 4.79. The van der Waals surface area contributed by atoms with Crippen molar-refractivity contribution in [3.63, 3.8) is 0 Å². The third-order valence-corrected chi connectivity index (χ3v) is 2.87. The third kappa shape index (κ3) is 4.22. The molecule has 6 heteroatoms. The molecule has 0 spiro atoms. The molecule has 2 N–H and O–H groups in total. The summed E-state index contributed by atoms with van der Waals surface area (Å²) in [4.78, 5) is 22.8. The number of carboxylic acids is 1. The van der Waals surface area contributed by atoms with E-state index in [4.69, 9.17) is 21.4 Å². The van der Waals surface area contributed by atoms with Crippen molar-refractivity contribution in [1.29, 1.82) is 0 Å². The van der Waals surface area contributed by atoms with E-state index in [1.807, 2.05) is 0 Å². The van der Waals surface area contributed by atoms with Gasteiger partial charge in [-0.2, -0.15) is 0 Å². The Balaban J connectivity index is 1.96. The quantitative estimate of drug-likeness (QED) is 0.890. The molecule has 2 aromatic rings. The number of para-hydroxylation sites is 1. The molecule has 0 aromatic heterocycles. The highest BCUT2D eigenvalue weighted by Crippen LogP contribution is 2.17. The number of nitrogens with one attached hydrogen (secondary N) is 1. The van der Waals surface area contributed by atoms with Crippen LogP contribution in [0.15, 0.2) is 48.5 Å². The number of aromatic carboxylic acids is 1. The summed E-state index contributed by atoms with van der Waals surface area (Å²) < 4.78 is 5.28. The van der Waals surface area contributed by atoms with Gasteiger partial charge in [0.2, 0.25) is 0 Å². The number of hydrogen-bond acceptors (Lipinski definition) is 3. The molecule has 0 heterocycles. The Morgan fingerprint density at radius 2 is 1.76 bits per heavy atom. The van der Waals surface area contributed by atoms with Crippen LogP contribution in [-0.2, 0) is 4.79 Å². The van der Waals surface area contributed by atoms with Gasteiger partial charge in [-0.15, -0.1) is 0 Å². The maximum absolute atomic E-state index is 11.8. The van der Waals surface area contributed by atoms with Crippen LogP contribution in [-0.4, -0.2) is 23.6 Å². The molecule has 5 nitrogen and oxygen atoms in total. The minimum absolute atomic E-state index is 0.0253. The van der Waals surface area contributed by atoms with E-state index in [-0.39, 0.29) is 17.9 Å². The first kappa shape index (κ1) is 14.9. The van der Waals surface area contributed by atoms with Gasteiger partial charge in [-0.05, 0) is 36.4 Å². The van der Waals surface area contributed by atoms with Crippen LogP contribution in [0.4, 0.5) is 5.69 Å². The molecule has 108 valence electrons. The first-order valence-corrected chi connectivity index (χ1v) is 6.44. The number of hydrogen-bond donors (Lipinski definition) is 2. The Bertz CT molecular complexity index is 655. The lowest BCUT2D eigenvalue weighted by molar-refractivity contribution is -0.118. The normalized spacial score (nSPS) is 9.95. The van der Waals surface area contributed by atoms with Gasteiger partial charge in [0.05, 0.1) is 11.3 Å². The number of amides is 1. The van der Waals surface area contributed by atoms with Crippen LogP contribution in [0.25, 0.3) is 0 Å². The maximum atomic E-state index is 11.8. The van der Waals surface area contributed by atoms with Gasteiger partial charge in [0, 0.05) is 5.02 Å². The number of rotatable bonds is 5. The van der Waals surface area contributed by atoms with Crippen LogP contribution in [0, 0.1) is 0 Å². The lowest BCUT2D eigenvalue weighted by atomic mass is 10.2. The second-order valence-corrected chi connectivity index (χ2v) is 4.58. The summed E-state index contributed by atoms with van der Waals surface area (Å²) in [5.41, 5.74) is 0.257. The number of halogens is 1. The van der Waals surface area contributed by atoms with Crippen LogP contribution in [0.3, 0.4) is 0 Å². The summed E-state index contributed by atoms with van der Waals surface area (Å²) in [6, 6.07) is 12.7. The second kappa shape index (κ2) is 6.76. The summed E-state index contributed by atoms with van der Waals surface area (Å²) in [6.07, 6.45) is 0. The fourth-order valence-electron chi connectivity index (χ4n) is 1.64. The van der Waals surface area contributed by atoms with E-state index in [0.29, 0.717) is 10.8 Å². The minimum atomic E-state index is -1.11. The van der Waals surface area contributed by atoms with Gasteiger partial charge < -0.3 is 15.2 Å². The van der Waals surface area contributed by atoms with Crippen LogP contribution < -0.4 is 10.1 Å². The Labute approximate surface area is 126 Å². The first-order chi connectivity index (χ1) is 10.1. The summed E-state index contributed by atoms with van der Waals surface area (Å²) in [6.45, 7) is -0.227. The Morgan fingerprint density at radius 3 is 2.43 bits per heavy atom. The van der Waals surface area contributed by atoms with Crippen molar-refractivity contribution >= 4 is 29.2 Å². The van der Waals surface area contributed by atoms with Crippen LogP contribution in [0.1, 0.15) is 10.4 Å². The lowest BCUT2D eigenvalue weighted by Crippen LogP contribution is -2.21. The van der Waals surface area contributed by atoms with Crippen molar-refractivity contribution in [2.75, 3.05) is 11.9 Å². The molecule has 1 amide bonds. The van der Waals surface area contributed by atoms with Crippen molar-refractivity contribution in [2.45, 2.75) is 0 Å². The molecule has 0 saturated carbocycles. The molecule has 0 unspecified atom stereocenters. The zero-order valence-electron chi connectivity index (χ0n) is 10.9.